The monoisotopic (exact) mass is 296 g/mol. The van der Waals surface area contributed by atoms with Gasteiger partial charge in [-0.1, -0.05) is 15.9 Å². The Morgan fingerprint density at radius 3 is 3.06 bits per heavy atom. The third kappa shape index (κ3) is 3.54. The van der Waals surface area contributed by atoms with Gasteiger partial charge in [-0.25, -0.2) is 0 Å². The number of carbonyl (C=O) groups is 1. The molecule has 3 N–H and O–H groups in total. The number of Topliss-reactive ketones (excluding diaryl/α,β-unsaturated/α-hetero) is 1. The van der Waals surface area contributed by atoms with Crippen molar-refractivity contribution < 1.29 is 4.79 Å². The molecule has 1 heterocycles. The number of anilines is 1. The first-order valence-corrected chi connectivity index (χ1v) is 6.73. The molecule has 1 aromatic carbocycles. The van der Waals surface area contributed by atoms with Gasteiger partial charge in [0.15, 0.2) is 0 Å². The minimum Gasteiger partial charge on any atom is -0.398 e. The molecule has 3 nitrogen and oxygen atoms in total. The number of benzene rings is 1. The second kappa shape index (κ2) is 5.65. The Hall–Kier alpha value is -0.870. The molecular formula is C13H17BrN2O. The molecule has 0 amide bonds. The van der Waals surface area contributed by atoms with E-state index in [1.54, 1.807) is 0 Å². The second-order valence-corrected chi connectivity index (χ2v) is 5.47. The van der Waals surface area contributed by atoms with Crippen molar-refractivity contribution in [3.63, 3.8) is 0 Å². The fourth-order valence-electron chi connectivity index (χ4n) is 2.22. The van der Waals surface area contributed by atoms with Crippen molar-refractivity contribution in [3.05, 3.63) is 28.2 Å². The summed E-state index contributed by atoms with van der Waals surface area (Å²) in [7, 11) is 0. The Balaban J connectivity index is 1.95. The number of nitrogens with two attached hydrogens (primary N) is 1. The van der Waals surface area contributed by atoms with Gasteiger partial charge in [-0.15, -0.1) is 0 Å². The van der Waals surface area contributed by atoms with E-state index in [2.05, 4.69) is 21.2 Å². The van der Waals surface area contributed by atoms with Crippen molar-refractivity contribution in [2.45, 2.75) is 31.7 Å². The summed E-state index contributed by atoms with van der Waals surface area (Å²) in [6.45, 7) is 1.04. The molecule has 2 rings (SSSR count). The van der Waals surface area contributed by atoms with Gasteiger partial charge in [0.1, 0.15) is 5.78 Å². The maximum atomic E-state index is 11.9. The standard InChI is InChI=1S/C13H17BrN2O/c14-10-3-4-13(15)9(6-10)7-12(17)8-11-2-1-5-16-11/h3-4,6,11,16H,1-2,5,7-8,15H2. The highest BCUT2D eigenvalue weighted by molar-refractivity contribution is 9.10. The zero-order chi connectivity index (χ0) is 12.3. The Morgan fingerprint density at radius 1 is 1.53 bits per heavy atom. The fraction of sp³-hybridized carbons (Fsp3) is 0.462. The van der Waals surface area contributed by atoms with Gasteiger partial charge in [0.25, 0.3) is 0 Å². The van der Waals surface area contributed by atoms with Crippen LogP contribution in [0.1, 0.15) is 24.8 Å². The van der Waals surface area contributed by atoms with Crippen molar-refractivity contribution >= 4 is 27.4 Å². The third-order valence-electron chi connectivity index (χ3n) is 3.13. The first kappa shape index (κ1) is 12.6. The van der Waals surface area contributed by atoms with Crippen LogP contribution in [0.4, 0.5) is 5.69 Å². The molecule has 1 aromatic rings. The zero-order valence-electron chi connectivity index (χ0n) is 9.71. The summed E-state index contributed by atoms with van der Waals surface area (Å²) in [5.41, 5.74) is 7.47. The molecule has 1 aliphatic rings. The lowest BCUT2D eigenvalue weighted by Crippen LogP contribution is -2.25. The number of nitrogen functional groups attached to an aromatic ring is 1. The second-order valence-electron chi connectivity index (χ2n) is 4.56. The average molecular weight is 297 g/mol. The molecule has 1 saturated heterocycles. The van der Waals surface area contributed by atoms with E-state index in [-0.39, 0.29) is 5.78 Å². The van der Waals surface area contributed by atoms with Crippen molar-refractivity contribution in [1.82, 2.24) is 5.32 Å². The van der Waals surface area contributed by atoms with Crippen LogP contribution in [0.15, 0.2) is 22.7 Å². The lowest BCUT2D eigenvalue weighted by molar-refractivity contribution is -0.118. The lowest BCUT2D eigenvalue weighted by atomic mass is 10.0. The highest BCUT2D eigenvalue weighted by Crippen LogP contribution is 2.20. The number of carbonyl (C=O) groups excluding carboxylic acids is 1. The molecule has 1 aliphatic heterocycles. The van der Waals surface area contributed by atoms with E-state index in [0.29, 0.717) is 24.6 Å². The summed E-state index contributed by atoms with van der Waals surface area (Å²) >= 11 is 3.40. The third-order valence-corrected chi connectivity index (χ3v) is 3.62. The summed E-state index contributed by atoms with van der Waals surface area (Å²) in [4.78, 5) is 11.9. The normalized spacial score (nSPS) is 19.5. The van der Waals surface area contributed by atoms with Crippen LogP contribution in [-0.2, 0) is 11.2 Å². The van der Waals surface area contributed by atoms with Gasteiger partial charge in [-0.2, -0.15) is 0 Å². The number of hydrogen-bond donors (Lipinski definition) is 2. The van der Waals surface area contributed by atoms with Crippen molar-refractivity contribution in [1.29, 1.82) is 0 Å². The number of rotatable bonds is 4. The molecule has 0 saturated carbocycles. The summed E-state index contributed by atoms with van der Waals surface area (Å²) in [6.07, 6.45) is 3.34. The summed E-state index contributed by atoms with van der Waals surface area (Å²) in [5, 5.41) is 3.34. The van der Waals surface area contributed by atoms with Crippen LogP contribution in [0, 0.1) is 0 Å². The first-order valence-electron chi connectivity index (χ1n) is 5.94. The SMILES string of the molecule is Nc1ccc(Br)cc1CC(=O)CC1CCCN1. The zero-order valence-corrected chi connectivity index (χ0v) is 11.3. The summed E-state index contributed by atoms with van der Waals surface area (Å²) < 4.78 is 0.966. The quantitative estimate of drug-likeness (QED) is 0.838. The Kier molecular flexibility index (Phi) is 4.18. The van der Waals surface area contributed by atoms with E-state index in [4.69, 9.17) is 5.73 Å². The summed E-state index contributed by atoms with van der Waals surface area (Å²) in [6, 6.07) is 6.02. The molecule has 1 unspecified atom stereocenters. The Bertz CT molecular complexity index is 414. The van der Waals surface area contributed by atoms with Gasteiger partial charge < -0.3 is 11.1 Å². The van der Waals surface area contributed by atoms with Crippen LogP contribution in [-0.4, -0.2) is 18.4 Å². The Morgan fingerprint density at radius 2 is 2.35 bits per heavy atom. The van der Waals surface area contributed by atoms with E-state index in [9.17, 15) is 4.79 Å². The van der Waals surface area contributed by atoms with E-state index < -0.39 is 0 Å². The predicted molar refractivity (Wildman–Crippen MR) is 72.9 cm³/mol. The smallest absolute Gasteiger partial charge is 0.138 e. The van der Waals surface area contributed by atoms with E-state index >= 15 is 0 Å². The number of nitrogens with one attached hydrogen (secondary N) is 1. The molecule has 1 atom stereocenters. The van der Waals surface area contributed by atoms with Gasteiger partial charge in [0, 0.05) is 29.0 Å². The molecular weight excluding hydrogens is 280 g/mol. The number of hydrogen-bond acceptors (Lipinski definition) is 3. The number of halogens is 1. The largest absolute Gasteiger partial charge is 0.398 e. The van der Waals surface area contributed by atoms with Gasteiger partial charge in [0.05, 0.1) is 0 Å². The lowest BCUT2D eigenvalue weighted by Gasteiger charge is -2.10. The molecule has 0 radical (unpaired) electrons. The predicted octanol–water partition coefficient (Wildman–Crippen LogP) is 2.28. The van der Waals surface area contributed by atoms with Gasteiger partial charge >= 0.3 is 0 Å². The van der Waals surface area contributed by atoms with Gasteiger partial charge in [-0.05, 0) is 43.1 Å². The first-order chi connectivity index (χ1) is 8.15. The van der Waals surface area contributed by atoms with E-state index in [1.165, 1.54) is 6.42 Å². The molecule has 17 heavy (non-hydrogen) atoms. The van der Waals surface area contributed by atoms with Crippen molar-refractivity contribution in [2.75, 3.05) is 12.3 Å². The van der Waals surface area contributed by atoms with Crippen LogP contribution >= 0.6 is 15.9 Å². The molecule has 0 aliphatic carbocycles. The number of ketones is 1. The van der Waals surface area contributed by atoms with Crippen molar-refractivity contribution in [3.8, 4) is 0 Å². The molecule has 1 fully saturated rings. The molecule has 0 bridgehead atoms. The van der Waals surface area contributed by atoms with E-state index in [0.717, 1.165) is 23.0 Å². The van der Waals surface area contributed by atoms with Gasteiger partial charge in [0.2, 0.25) is 0 Å². The topological polar surface area (TPSA) is 55.1 Å². The van der Waals surface area contributed by atoms with Crippen LogP contribution in [0.3, 0.4) is 0 Å². The van der Waals surface area contributed by atoms with Crippen LogP contribution in [0.2, 0.25) is 0 Å². The minimum atomic E-state index is 0.259. The highest BCUT2D eigenvalue weighted by atomic mass is 79.9. The van der Waals surface area contributed by atoms with Crippen molar-refractivity contribution in [2.24, 2.45) is 0 Å². The molecule has 0 aromatic heterocycles. The van der Waals surface area contributed by atoms with Crippen LogP contribution < -0.4 is 11.1 Å². The summed E-state index contributed by atoms with van der Waals surface area (Å²) in [5.74, 6) is 0.259. The maximum absolute atomic E-state index is 11.9. The fourth-order valence-corrected chi connectivity index (χ4v) is 2.63. The Labute approximate surface area is 110 Å². The van der Waals surface area contributed by atoms with E-state index in [1.807, 2.05) is 18.2 Å². The minimum absolute atomic E-state index is 0.259. The maximum Gasteiger partial charge on any atom is 0.138 e. The van der Waals surface area contributed by atoms with Gasteiger partial charge in [-0.3, -0.25) is 4.79 Å². The molecule has 4 heteroatoms. The van der Waals surface area contributed by atoms with Crippen LogP contribution in [0.25, 0.3) is 0 Å². The molecule has 92 valence electrons. The van der Waals surface area contributed by atoms with Crippen LogP contribution in [0.5, 0.6) is 0 Å². The average Bonchev–Trinajstić information content (AvgIpc) is 2.76. The molecule has 0 spiro atoms. The highest BCUT2D eigenvalue weighted by Gasteiger charge is 2.18.